The third-order valence-corrected chi connectivity index (χ3v) is 2.93. The Balaban J connectivity index is 2.72. The highest BCUT2D eigenvalue weighted by molar-refractivity contribution is 5.96. The van der Waals surface area contributed by atoms with Crippen LogP contribution in [0.15, 0.2) is 30.5 Å². The van der Waals surface area contributed by atoms with Crippen LogP contribution in [0.2, 0.25) is 0 Å². The Morgan fingerprint density at radius 2 is 2.00 bits per heavy atom. The third-order valence-electron chi connectivity index (χ3n) is 2.93. The monoisotopic (exact) mass is 282 g/mol. The van der Waals surface area contributed by atoms with E-state index in [9.17, 15) is 13.2 Å². The van der Waals surface area contributed by atoms with Gasteiger partial charge in [0.2, 0.25) is 0 Å². The molecule has 0 unspecified atom stereocenters. The lowest BCUT2D eigenvalue weighted by Crippen LogP contribution is -2.21. The average molecular weight is 282 g/mol. The van der Waals surface area contributed by atoms with Gasteiger partial charge >= 0.3 is 6.18 Å². The largest absolute Gasteiger partial charge is 0.434 e. The number of nitrogens with one attached hydrogen (secondary N) is 1. The van der Waals surface area contributed by atoms with E-state index in [0.29, 0.717) is 12.1 Å². The van der Waals surface area contributed by atoms with E-state index in [1.807, 2.05) is 6.92 Å². The number of nitrogen functional groups attached to an aromatic ring is 1. The number of nitrogens with two attached hydrogens (primary N) is 1. The van der Waals surface area contributed by atoms with Gasteiger partial charge in [-0.1, -0.05) is 25.1 Å². The molecule has 0 saturated carbocycles. The zero-order valence-electron chi connectivity index (χ0n) is 10.7. The fourth-order valence-electron chi connectivity index (χ4n) is 2.02. The van der Waals surface area contributed by atoms with Crippen molar-refractivity contribution in [3.05, 3.63) is 47.3 Å². The normalized spacial score (nSPS) is 11.6. The standard InChI is InChI=1S/C13H13F3N4/c1-2-8-5-3-4-6-10(8)20-11(13(14,15)16)9(7-19-20)12(17)18/h3-7H,2H2,1H3,(H3,17,18). The molecule has 0 radical (unpaired) electrons. The molecule has 20 heavy (non-hydrogen) atoms. The van der Waals surface area contributed by atoms with Crippen LogP contribution in [0.25, 0.3) is 5.69 Å². The molecule has 0 fully saturated rings. The molecule has 7 heteroatoms. The van der Waals surface area contributed by atoms with E-state index in [2.05, 4.69) is 5.10 Å². The zero-order chi connectivity index (χ0) is 14.9. The molecule has 1 heterocycles. The van der Waals surface area contributed by atoms with Gasteiger partial charge in [0.05, 0.1) is 17.4 Å². The van der Waals surface area contributed by atoms with Gasteiger partial charge in [0, 0.05) is 0 Å². The minimum Gasteiger partial charge on any atom is -0.384 e. The maximum Gasteiger partial charge on any atom is 0.434 e. The first kappa shape index (κ1) is 14.1. The molecule has 4 nitrogen and oxygen atoms in total. The smallest absolute Gasteiger partial charge is 0.384 e. The average Bonchev–Trinajstić information content (AvgIpc) is 2.83. The van der Waals surface area contributed by atoms with Crippen molar-refractivity contribution in [3.8, 4) is 5.69 Å². The van der Waals surface area contributed by atoms with Crippen molar-refractivity contribution in [1.82, 2.24) is 9.78 Å². The maximum absolute atomic E-state index is 13.2. The lowest BCUT2D eigenvalue weighted by molar-refractivity contribution is -0.142. The molecule has 1 aromatic carbocycles. The molecule has 0 aliphatic heterocycles. The van der Waals surface area contributed by atoms with Crippen molar-refractivity contribution in [2.45, 2.75) is 19.5 Å². The molecule has 1 aromatic heterocycles. The summed E-state index contributed by atoms with van der Waals surface area (Å²) in [5, 5.41) is 11.0. The first-order valence-electron chi connectivity index (χ1n) is 5.94. The van der Waals surface area contributed by atoms with Crippen molar-refractivity contribution in [1.29, 1.82) is 5.41 Å². The second kappa shape index (κ2) is 4.99. The van der Waals surface area contributed by atoms with Crippen LogP contribution in [-0.2, 0) is 12.6 Å². The number of alkyl halides is 3. The van der Waals surface area contributed by atoms with Gasteiger partial charge in [-0.15, -0.1) is 0 Å². The molecular weight excluding hydrogens is 269 g/mol. The predicted octanol–water partition coefficient (Wildman–Crippen LogP) is 2.74. The van der Waals surface area contributed by atoms with E-state index < -0.39 is 23.3 Å². The molecule has 3 N–H and O–H groups in total. The summed E-state index contributed by atoms with van der Waals surface area (Å²) in [4.78, 5) is 0. The van der Waals surface area contributed by atoms with Crippen LogP contribution >= 0.6 is 0 Å². The summed E-state index contributed by atoms with van der Waals surface area (Å²) in [5.74, 6) is -0.655. The van der Waals surface area contributed by atoms with Gasteiger partial charge in [-0.2, -0.15) is 18.3 Å². The highest BCUT2D eigenvalue weighted by Crippen LogP contribution is 2.34. The summed E-state index contributed by atoms with van der Waals surface area (Å²) < 4.78 is 40.4. The van der Waals surface area contributed by atoms with Crippen LogP contribution in [-0.4, -0.2) is 15.6 Å². The third kappa shape index (κ3) is 2.38. The Morgan fingerprint density at radius 3 is 2.55 bits per heavy atom. The number of hydrogen-bond donors (Lipinski definition) is 2. The van der Waals surface area contributed by atoms with Gasteiger partial charge in [0.25, 0.3) is 0 Å². The summed E-state index contributed by atoms with van der Waals surface area (Å²) in [6.45, 7) is 1.85. The zero-order valence-corrected chi connectivity index (χ0v) is 10.7. The van der Waals surface area contributed by atoms with Gasteiger partial charge < -0.3 is 5.73 Å². The summed E-state index contributed by atoms with van der Waals surface area (Å²) >= 11 is 0. The van der Waals surface area contributed by atoms with Crippen molar-refractivity contribution < 1.29 is 13.2 Å². The lowest BCUT2D eigenvalue weighted by atomic mass is 10.1. The van der Waals surface area contributed by atoms with E-state index >= 15 is 0 Å². The molecule has 0 spiro atoms. The number of amidine groups is 1. The van der Waals surface area contributed by atoms with E-state index in [4.69, 9.17) is 11.1 Å². The predicted molar refractivity (Wildman–Crippen MR) is 69.0 cm³/mol. The number of aromatic nitrogens is 2. The summed E-state index contributed by atoms with van der Waals surface area (Å²) in [5.41, 5.74) is 4.84. The molecule has 2 aromatic rings. The van der Waals surface area contributed by atoms with Crippen molar-refractivity contribution in [2.75, 3.05) is 0 Å². The van der Waals surface area contributed by atoms with E-state index in [-0.39, 0.29) is 0 Å². The van der Waals surface area contributed by atoms with Crippen molar-refractivity contribution in [2.24, 2.45) is 5.73 Å². The van der Waals surface area contributed by atoms with Crippen LogP contribution < -0.4 is 5.73 Å². The fraction of sp³-hybridized carbons (Fsp3) is 0.231. The van der Waals surface area contributed by atoms with Crippen LogP contribution in [0.5, 0.6) is 0 Å². The van der Waals surface area contributed by atoms with Crippen molar-refractivity contribution in [3.63, 3.8) is 0 Å². The Hall–Kier alpha value is -2.31. The Labute approximate surface area is 113 Å². The second-order valence-electron chi connectivity index (χ2n) is 4.21. The van der Waals surface area contributed by atoms with Crippen LogP contribution in [0.1, 0.15) is 23.7 Å². The van der Waals surface area contributed by atoms with E-state index in [1.165, 1.54) is 0 Å². The Morgan fingerprint density at radius 1 is 1.35 bits per heavy atom. The molecular formula is C13H13F3N4. The number of aryl methyl sites for hydroxylation is 1. The Bertz CT molecular complexity index is 643. The van der Waals surface area contributed by atoms with Crippen LogP contribution in [0.4, 0.5) is 13.2 Å². The number of nitrogens with zero attached hydrogens (tertiary/aromatic N) is 2. The molecule has 0 aliphatic rings. The number of halogens is 3. The second-order valence-corrected chi connectivity index (χ2v) is 4.21. The number of benzene rings is 1. The molecule has 0 aliphatic carbocycles. The first-order chi connectivity index (χ1) is 9.36. The number of hydrogen-bond acceptors (Lipinski definition) is 2. The highest BCUT2D eigenvalue weighted by atomic mass is 19.4. The summed E-state index contributed by atoms with van der Waals surface area (Å²) in [6, 6.07) is 6.70. The van der Waals surface area contributed by atoms with E-state index in [0.717, 1.165) is 16.4 Å². The van der Waals surface area contributed by atoms with E-state index in [1.54, 1.807) is 24.3 Å². The number of rotatable bonds is 3. The molecule has 0 bridgehead atoms. The topological polar surface area (TPSA) is 67.7 Å². The summed E-state index contributed by atoms with van der Waals surface area (Å²) in [7, 11) is 0. The summed E-state index contributed by atoms with van der Waals surface area (Å²) in [6.07, 6.45) is -3.10. The van der Waals surface area contributed by atoms with Crippen molar-refractivity contribution >= 4 is 5.84 Å². The van der Waals surface area contributed by atoms with Gasteiger partial charge in [-0.3, -0.25) is 5.41 Å². The minimum absolute atomic E-state index is 0.342. The van der Waals surface area contributed by atoms with Gasteiger partial charge in [-0.25, -0.2) is 4.68 Å². The quantitative estimate of drug-likeness (QED) is 0.671. The SMILES string of the molecule is CCc1ccccc1-n1ncc(C(=N)N)c1C(F)(F)F. The van der Waals surface area contributed by atoms with Crippen LogP contribution in [0, 0.1) is 5.41 Å². The maximum atomic E-state index is 13.2. The Kier molecular flexibility index (Phi) is 3.52. The molecule has 0 amide bonds. The lowest BCUT2D eigenvalue weighted by Gasteiger charge is -2.14. The molecule has 0 saturated heterocycles. The highest BCUT2D eigenvalue weighted by Gasteiger charge is 2.39. The fourth-order valence-corrected chi connectivity index (χ4v) is 2.02. The first-order valence-corrected chi connectivity index (χ1v) is 5.94. The van der Waals surface area contributed by atoms with Gasteiger partial charge in [0.1, 0.15) is 5.84 Å². The van der Waals surface area contributed by atoms with Gasteiger partial charge in [0.15, 0.2) is 5.69 Å². The van der Waals surface area contributed by atoms with Gasteiger partial charge in [-0.05, 0) is 18.1 Å². The molecule has 0 atom stereocenters. The molecule has 2 rings (SSSR count). The number of para-hydroxylation sites is 1. The molecule has 106 valence electrons. The van der Waals surface area contributed by atoms with Crippen LogP contribution in [0.3, 0.4) is 0 Å². The minimum atomic E-state index is -4.64.